The summed E-state index contributed by atoms with van der Waals surface area (Å²) in [4.78, 5) is 4.16. The molecule has 1 aromatic rings. The highest BCUT2D eigenvalue weighted by Gasteiger charge is 2.34. The average Bonchev–Trinajstić information content (AvgIpc) is 2.32. The number of nitrogens with zero attached hydrogens (tertiary/aromatic N) is 1. The minimum Gasteiger partial charge on any atom is -0.380 e. The number of rotatable bonds is 4. The molecule has 1 heterocycles. The zero-order valence-corrected chi connectivity index (χ0v) is 11.5. The minimum absolute atomic E-state index is 0.0287. The lowest BCUT2D eigenvalue weighted by Crippen LogP contribution is -2.32. The molecule has 1 fully saturated rings. The van der Waals surface area contributed by atoms with Gasteiger partial charge in [0.1, 0.15) is 11.0 Å². The largest absolute Gasteiger partial charge is 0.380 e. The molecule has 0 bridgehead atoms. The zero-order chi connectivity index (χ0) is 13.9. The van der Waals surface area contributed by atoms with E-state index in [4.69, 9.17) is 16.3 Å². The molecule has 6 heteroatoms. The molecule has 0 aliphatic heterocycles. The Bertz CT molecular complexity index is 433. The number of halogens is 3. The lowest BCUT2D eigenvalue weighted by atomic mass is 9.92. The van der Waals surface area contributed by atoms with Gasteiger partial charge in [0.15, 0.2) is 0 Å². The molecule has 1 saturated carbocycles. The molecule has 0 amide bonds. The average molecular weight is 291 g/mol. The normalized spacial score (nSPS) is 19.4. The van der Waals surface area contributed by atoms with Crippen LogP contribution in [0.4, 0.5) is 14.6 Å². The molecule has 0 unspecified atom stereocenters. The lowest BCUT2D eigenvalue weighted by molar-refractivity contribution is -0.0361. The van der Waals surface area contributed by atoms with Gasteiger partial charge in [-0.1, -0.05) is 11.6 Å². The summed E-state index contributed by atoms with van der Waals surface area (Å²) >= 11 is 5.92. The van der Waals surface area contributed by atoms with Crippen LogP contribution in [0.1, 0.15) is 31.2 Å². The molecule has 1 aliphatic rings. The van der Waals surface area contributed by atoms with Gasteiger partial charge in [0, 0.05) is 26.0 Å². The highest BCUT2D eigenvalue weighted by Crippen LogP contribution is 2.34. The van der Waals surface area contributed by atoms with E-state index in [1.54, 1.807) is 13.2 Å². The van der Waals surface area contributed by atoms with Gasteiger partial charge in [0.2, 0.25) is 5.92 Å². The molecule has 0 radical (unpaired) electrons. The second kappa shape index (κ2) is 6.01. The van der Waals surface area contributed by atoms with Crippen LogP contribution in [-0.2, 0) is 11.3 Å². The van der Waals surface area contributed by atoms with Crippen molar-refractivity contribution in [3.63, 3.8) is 0 Å². The summed E-state index contributed by atoms with van der Waals surface area (Å²) in [5.41, 5.74) is 0.908. The van der Waals surface area contributed by atoms with Crippen LogP contribution in [0.25, 0.3) is 0 Å². The summed E-state index contributed by atoms with van der Waals surface area (Å²) in [6, 6.07) is 3.59. The fraction of sp³-hybridized carbons (Fsp3) is 0.615. The van der Waals surface area contributed by atoms with Crippen molar-refractivity contribution in [3.8, 4) is 0 Å². The Hall–Kier alpha value is -0.940. The van der Waals surface area contributed by atoms with Gasteiger partial charge in [-0.3, -0.25) is 0 Å². The maximum Gasteiger partial charge on any atom is 0.248 e. The second-order valence-electron chi connectivity index (χ2n) is 4.89. The van der Waals surface area contributed by atoms with E-state index in [2.05, 4.69) is 10.3 Å². The van der Waals surface area contributed by atoms with Gasteiger partial charge in [-0.25, -0.2) is 13.8 Å². The predicted octanol–water partition coefficient (Wildman–Crippen LogP) is 3.87. The molecule has 2 rings (SSSR count). The van der Waals surface area contributed by atoms with Crippen molar-refractivity contribution in [1.82, 2.24) is 4.98 Å². The summed E-state index contributed by atoms with van der Waals surface area (Å²) in [5.74, 6) is -1.89. The maximum atomic E-state index is 13.1. The third-order valence-electron chi connectivity index (χ3n) is 3.23. The van der Waals surface area contributed by atoms with Gasteiger partial charge >= 0.3 is 0 Å². The Morgan fingerprint density at radius 3 is 2.74 bits per heavy atom. The van der Waals surface area contributed by atoms with Crippen LogP contribution in [0.15, 0.2) is 12.1 Å². The van der Waals surface area contributed by atoms with Gasteiger partial charge in [0.05, 0.1) is 6.61 Å². The Labute approximate surface area is 116 Å². The third kappa shape index (κ3) is 4.28. The highest BCUT2D eigenvalue weighted by molar-refractivity contribution is 6.29. The predicted molar refractivity (Wildman–Crippen MR) is 70.8 cm³/mol. The van der Waals surface area contributed by atoms with Crippen LogP contribution in [-0.4, -0.2) is 24.1 Å². The van der Waals surface area contributed by atoms with E-state index in [-0.39, 0.29) is 18.9 Å². The van der Waals surface area contributed by atoms with E-state index in [0.29, 0.717) is 30.4 Å². The van der Waals surface area contributed by atoms with Crippen molar-refractivity contribution < 1.29 is 13.5 Å². The first kappa shape index (κ1) is 14.5. The van der Waals surface area contributed by atoms with Crippen LogP contribution in [0.3, 0.4) is 0 Å². The molecule has 3 nitrogen and oxygen atoms in total. The smallest absolute Gasteiger partial charge is 0.248 e. The summed E-state index contributed by atoms with van der Waals surface area (Å²) in [5, 5.41) is 3.55. The summed E-state index contributed by atoms with van der Waals surface area (Å²) in [6.45, 7) is 0.444. The molecule has 0 atom stereocenters. The van der Waals surface area contributed by atoms with Gasteiger partial charge in [-0.15, -0.1) is 0 Å². The molecule has 19 heavy (non-hydrogen) atoms. The fourth-order valence-electron chi connectivity index (χ4n) is 2.27. The van der Waals surface area contributed by atoms with E-state index < -0.39 is 5.92 Å². The number of aromatic nitrogens is 1. The van der Waals surface area contributed by atoms with E-state index >= 15 is 0 Å². The topological polar surface area (TPSA) is 34.1 Å². The van der Waals surface area contributed by atoms with Crippen molar-refractivity contribution in [2.75, 3.05) is 12.4 Å². The Morgan fingerprint density at radius 2 is 2.11 bits per heavy atom. The SMILES string of the molecule is COCc1cc(Cl)nc(NC2CCC(F)(F)CC2)c1. The highest BCUT2D eigenvalue weighted by atomic mass is 35.5. The van der Waals surface area contributed by atoms with Crippen LogP contribution in [0, 0.1) is 0 Å². The summed E-state index contributed by atoms with van der Waals surface area (Å²) in [7, 11) is 1.60. The standard InChI is InChI=1S/C13H17ClF2N2O/c1-19-8-9-6-11(14)18-12(7-9)17-10-2-4-13(15,16)5-3-10/h6-7,10H,2-5,8H2,1H3,(H,17,18). The first-order chi connectivity index (χ1) is 8.98. The number of hydrogen-bond acceptors (Lipinski definition) is 3. The number of anilines is 1. The molecule has 1 aromatic heterocycles. The molecule has 1 N–H and O–H groups in total. The van der Waals surface area contributed by atoms with E-state index in [1.165, 1.54) is 0 Å². The Morgan fingerprint density at radius 1 is 1.42 bits per heavy atom. The van der Waals surface area contributed by atoms with Gasteiger partial charge < -0.3 is 10.1 Å². The minimum atomic E-state index is -2.51. The van der Waals surface area contributed by atoms with Gasteiger partial charge in [0.25, 0.3) is 0 Å². The molecular formula is C13H17ClF2N2O. The van der Waals surface area contributed by atoms with Crippen molar-refractivity contribution in [2.45, 2.75) is 44.3 Å². The first-order valence-corrected chi connectivity index (χ1v) is 6.66. The Kier molecular flexibility index (Phi) is 4.58. The number of alkyl halides is 2. The number of pyridine rings is 1. The quantitative estimate of drug-likeness (QED) is 0.855. The molecular weight excluding hydrogens is 274 g/mol. The van der Waals surface area contributed by atoms with Crippen molar-refractivity contribution in [1.29, 1.82) is 0 Å². The third-order valence-corrected chi connectivity index (χ3v) is 3.43. The molecule has 1 aliphatic carbocycles. The number of ether oxygens (including phenoxy) is 1. The van der Waals surface area contributed by atoms with Crippen molar-refractivity contribution in [3.05, 3.63) is 22.8 Å². The number of nitrogens with one attached hydrogen (secondary N) is 1. The van der Waals surface area contributed by atoms with Crippen LogP contribution in [0.5, 0.6) is 0 Å². The summed E-state index contributed by atoms with van der Waals surface area (Å²) in [6.07, 6.45) is 0.744. The van der Waals surface area contributed by atoms with E-state index in [1.807, 2.05) is 6.07 Å². The molecule has 0 spiro atoms. The van der Waals surface area contributed by atoms with E-state index in [9.17, 15) is 8.78 Å². The maximum absolute atomic E-state index is 13.1. The van der Waals surface area contributed by atoms with E-state index in [0.717, 1.165) is 5.56 Å². The monoisotopic (exact) mass is 290 g/mol. The molecule has 0 saturated heterocycles. The second-order valence-corrected chi connectivity index (χ2v) is 5.28. The van der Waals surface area contributed by atoms with Crippen LogP contribution < -0.4 is 5.32 Å². The molecule has 106 valence electrons. The first-order valence-electron chi connectivity index (χ1n) is 6.28. The zero-order valence-electron chi connectivity index (χ0n) is 10.8. The van der Waals surface area contributed by atoms with Gasteiger partial charge in [-0.05, 0) is 30.5 Å². The van der Waals surface area contributed by atoms with Crippen LogP contribution in [0.2, 0.25) is 5.15 Å². The number of methoxy groups -OCH3 is 1. The van der Waals surface area contributed by atoms with Crippen molar-refractivity contribution >= 4 is 17.4 Å². The fourth-order valence-corrected chi connectivity index (χ4v) is 2.50. The lowest BCUT2D eigenvalue weighted by Gasteiger charge is -2.29. The van der Waals surface area contributed by atoms with Crippen molar-refractivity contribution in [2.24, 2.45) is 0 Å². The van der Waals surface area contributed by atoms with Crippen LogP contribution >= 0.6 is 11.6 Å². The Balaban J connectivity index is 1.99. The molecule has 0 aromatic carbocycles. The summed E-state index contributed by atoms with van der Waals surface area (Å²) < 4.78 is 31.2. The number of hydrogen-bond donors (Lipinski definition) is 1. The van der Waals surface area contributed by atoms with Gasteiger partial charge in [-0.2, -0.15) is 0 Å².